The second-order valence-electron chi connectivity index (χ2n) is 5.77. The molecule has 0 bridgehead atoms. The Labute approximate surface area is 131 Å². The first-order valence-electron chi connectivity index (χ1n) is 6.45. The number of hydrogen-bond acceptors (Lipinski definition) is 7. The van der Waals surface area contributed by atoms with Gasteiger partial charge in [0.05, 0.1) is 16.1 Å². The summed E-state index contributed by atoms with van der Waals surface area (Å²) in [4.78, 5) is 0.245. The maximum absolute atomic E-state index is 11.3. The van der Waals surface area contributed by atoms with Crippen LogP contribution in [-0.4, -0.2) is 58.5 Å². The van der Waals surface area contributed by atoms with E-state index in [9.17, 15) is 18.6 Å². The third-order valence-corrected chi connectivity index (χ3v) is 4.35. The van der Waals surface area contributed by atoms with Crippen molar-refractivity contribution in [3.63, 3.8) is 0 Å². The summed E-state index contributed by atoms with van der Waals surface area (Å²) in [7, 11) is -5.37. The van der Waals surface area contributed by atoms with E-state index in [1.807, 2.05) is 0 Å². The van der Waals surface area contributed by atoms with E-state index in [4.69, 9.17) is 15.1 Å². The van der Waals surface area contributed by atoms with Crippen LogP contribution in [0.25, 0.3) is 0 Å². The summed E-state index contributed by atoms with van der Waals surface area (Å²) < 4.78 is 22.6. The topological polar surface area (TPSA) is 135 Å². The zero-order valence-electron chi connectivity index (χ0n) is 13.1. The molecule has 0 aliphatic carbocycles. The molecular formula is C13H23BO7S. The highest BCUT2D eigenvalue weighted by atomic mass is 32.2. The molecule has 1 aromatic carbocycles. The van der Waals surface area contributed by atoms with E-state index >= 15 is 0 Å². The normalized spacial score (nSPS) is 14.6. The van der Waals surface area contributed by atoms with Crippen molar-refractivity contribution in [3.05, 3.63) is 29.8 Å². The van der Waals surface area contributed by atoms with Gasteiger partial charge in [-0.1, -0.05) is 12.1 Å². The van der Waals surface area contributed by atoms with Gasteiger partial charge < -0.3 is 25.3 Å². The van der Waals surface area contributed by atoms with Crippen LogP contribution in [0.2, 0.25) is 0 Å². The summed E-state index contributed by atoms with van der Waals surface area (Å²) in [6, 6.07) is 6.31. The fraction of sp³-hybridized carbons (Fsp3) is 0.538. The van der Waals surface area contributed by atoms with Crippen molar-refractivity contribution < 1.29 is 33.7 Å². The fourth-order valence-electron chi connectivity index (χ4n) is 1.47. The average molecular weight is 334 g/mol. The Morgan fingerprint density at radius 2 is 1.36 bits per heavy atom. The maximum Gasteiger partial charge on any atom is 0.631 e. The van der Waals surface area contributed by atoms with E-state index in [2.05, 4.69) is 0 Å². The Morgan fingerprint density at radius 1 is 1.00 bits per heavy atom. The molecule has 0 radical (unpaired) electrons. The highest BCUT2D eigenvalue weighted by Crippen LogP contribution is 2.26. The van der Waals surface area contributed by atoms with Crippen LogP contribution in [0.1, 0.15) is 26.3 Å². The van der Waals surface area contributed by atoms with Crippen molar-refractivity contribution >= 4 is 17.2 Å². The van der Waals surface area contributed by atoms with Gasteiger partial charge in [0.15, 0.2) is 9.84 Å². The Bertz CT molecular complexity index is 556. The van der Waals surface area contributed by atoms with Crippen LogP contribution in [0.4, 0.5) is 0 Å². The van der Waals surface area contributed by atoms with E-state index in [1.165, 1.54) is 26.0 Å². The molecule has 0 amide bonds. The molecule has 0 fully saturated rings. The van der Waals surface area contributed by atoms with Gasteiger partial charge in [0.25, 0.3) is 0 Å². The summed E-state index contributed by atoms with van der Waals surface area (Å²) in [5, 5.41) is 41.5. The van der Waals surface area contributed by atoms with Crippen molar-refractivity contribution in [2.24, 2.45) is 0 Å². The van der Waals surface area contributed by atoms with Crippen molar-refractivity contribution in [1.29, 1.82) is 0 Å². The fourth-order valence-corrected chi connectivity index (χ4v) is 2.10. The van der Waals surface area contributed by atoms with Crippen LogP contribution in [0.15, 0.2) is 29.2 Å². The smallest absolute Gasteiger partial charge is 0.402 e. The minimum atomic E-state index is -3.20. The third kappa shape index (κ3) is 7.34. The van der Waals surface area contributed by atoms with Crippen molar-refractivity contribution in [2.45, 2.75) is 43.3 Å². The molecule has 22 heavy (non-hydrogen) atoms. The van der Waals surface area contributed by atoms with E-state index in [0.717, 1.165) is 11.8 Å². The van der Waals surface area contributed by atoms with Crippen LogP contribution in [0, 0.1) is 0 Å². The van der Waals surface area contributed by atoms with Gasteiger partial charge in [0.2, 0.25) is 0 Å². The molecule has 9 heteroatoms. The quantitative estimate of drug-likeness (QED) is 0.450. The van der Waals surface area contributed by atoms with Crippen molar-refractivity contribution in [1.82, 2.24) is 0 Å². The molecular weight excluding hydrogens is 311 g/mol. The van der Waals surface area contributed by atoms with Crippen LogP contribution in [0.5, 0.6) is 0 Å². The molecule has 0 aromatic heterocycles. The first-order chi connectivity index (χ1) is 9.67. The van der Waals surface area contributed by atoms with Gasteiger partial charge in [-0.15, -0.1) is 0 Å². The molecule has 7 nitrogen and oxygen atoms in total. The summed E-state index contributed by atoms with van der Waals surface area (Å²) >= 11 is 0. The van der Waals surface area contributed by atoms with Crippen LogP contribution >= 0.6 is 0 Å². The van der Waals surface area contributed by atoms with Crippen LogP contribution in [-0.2, 0) is 16.3 Å². The molecule has 0 heterocycles. The lowest BCUT2D eigenvalue weighted by molar-refractivity contribution is -0.118. The molecule has 0 aliphatic heterocycles. The lowest BCUT2D eigenvalue weighted by Gasteiger charge is -2.35. The molecule has 0 saturated carbocycles. The maximum atomic E-state index is 11.3. The monoisotopic (exact) mass is 334 g/mol. The Hall–Kier alpha value is -0.965. The molecule has 0 spiro atoms. The molecule has 0 saturated heterocycles. The second-order valence-corrected chi connectivity index (χ2v) is 7.79. The standard InChI is InChI=1S/C13H20O4S.BH3O3/c1-12(2,14)13(3,15)9-10-5-7-11(8-6-10)18(4,16)17;2-1(3)4/h5-8,14-15H,9H2,1-4H3;2-4H. The second kappa shape index (κ2) is 7.54. The van der Waals surface area contributed by atoms with Gasteiger partial charge in [-0.25, -0.2) is 8.42 Å². The first kappa shape index (κ1) is 21.0. The van der Waals surface area contributed by atoms with E-state index in [-0.39, 0.29) is 11.3 Å². The summed E-state index contributed by atoms with van der Waals surface area (Å²) in [5.41, 5.74) is -1.74. The molecule has 0 aliphatic rings. The predicted octanol–water partition coefficient (Wildman–Crippen LogP) is -0.897. The number of aliphatic hydroxyl groups is 2. The summed E-state index contributed by atoms with van der Waals surface area (Å²) in [6.07, 6.45) is 1.40. The van der Waals surface area contributed by atoms with Crippen molar-refractivity contribution in [3.8, 4) is 0 Å². The first-order valence-corrected chi connectivity index (χ1v) is 8.34. The van der Waals surface area contributed by atoms with Gasteiger partial charge in [-0.2, -0.15) is 0 Å². The van der Waals surface area contributed by atoms with Gasteiger partial charge in [-0.3, -0.25) is 0 Å². The third-order valence-electron chi connectivity index (χ3n) is 3.22. The summed E-state index contributed by atoms with van der Waals surface area (Å²) in [5.74, 6) is 0. The van der Waals surface area contributed by atoms with Crippen LogP contribution < -0.4 is 0 Å². The van der Waals surface area contributed by atoms with Crippen LogP contribution in [0.3, 0.4) is 0 Å². The largest absolute Gasteiger partial charge is 0.631 e. The Balaban J connectivity index is 0.000000980. The molecule has 1 aromatic rings. The number of benzene rings is 1. The molecule has 126 valence electrons. The minimum absolute atomic E-state index is 0.245. The minimum Gasteiger partial charge on any atom is -0.402 e. The highest BCUT2D eigenvalue weighted by molar-refractivity contribution is 7.90. The Morgan fingerprint density at radius 3 is 1.64 bits per heavy atom. The predicted molar refractivity (Wildman–Crippen MR) is 82.6 cm³/mol. The molecule has 1 atom stereocenters. The number of rotatable bonds is 4. The lowest BCUT2D eigenvalue weighted by Crippen LogP contribution is -2.49. The van der Waals surface area contributed by atoms with Crippen molar-refractivity contribution in [2.75, 3.05) is 6.26 Å². The summed E-state index contributed by atoms with van der Waals surface area (Å²) in [6.45, 7) is 4.63. The molecule has 1 unspecified atom stereocenters. The Kier molecular flexibility index (Phi) is 7.21. The van der Waals surface area contributed by atoms with E-state index in [0.29, 0.717) is 0 Å². The zero-order chi connectivity index (χ0) is 17.8. The van der Waals surface area contributed by atoms with E-state index < -0.39 is 28.4 Å². The van der Waals surface area contributed by atoms with Gasteiger partial charge >= 0.3 is 7.32 Å². The van der Waals surface area contributed by atoms with Gasteiger partial charge in [-0.05, 0) is 38.5 Å². The number of sulfone groups is 1. The lowest BCUT2D eigenvalue weighted by atomic mass is 9.82. The zero-order valence-corrected chi connectivity index (χ0v) is 13.9. The number of hydrogen-bond donors (Lipinski definition) is 5. The van der Waals surface area contributed by atoms with Gasteiger partial charge in [0, 0.05) is 12.7 Å². The van der Waals surface area contributed by atoms with E-state index in [1.54, 1.807) is 19.1 Å². The SMILES string of the molecule is CC(C)(O)C(C)(O)Cc1ccc(S(C)(=O)=O)cc1.OB(O)O. The average Bonchev–Trinajstić information content (AvgIpc) is 2.25. The van der Waals surface area contributed by atoms with Gasteiger partial charge in [0.1, 0.15) is 0 Å². The highest BCUT2D eigenvalue weighted by Gasteiger charge is 2.37. The molecule has 1 rings (SSSR count). The molecule has 5 N–H and O–H groups in total.